The Morgan fingerprint density at radius 1 is 0.875 bits per heavy atom. The first-order chi connectivity index (χ1) is 14.7. The van der Waals surface area contributed by atoms with Gasteiger partial charge in [-0.15, -0.1) is 0 Å². The molecule has 2 aromatic carbocycles. The van der Waals surface area contributed by atoms with E-state index in [0.29, 0.717) is 26.7 Å². The first-order valence-corrected chi connectivity index (χ1v) is 12.8. The van der Waals surface area contributed by atoms with Gasteiger partial charge in [0.1, 0.15) is 10.4 Å². The summed E-state index contributed by atoms with van der Waals surface area (Å²) in [7, 11) is 0. The number of aromatic nitrogens is 1. The third-order valence-electron chi connectivity index (χ3n) is 5.48. The van der Waals surface area contributed by atoms with E-state index in [4.69, 9.17) is 0 Å². The number of phenols is 1. The molecule has 0 aliphatic carbocycles. The molecule has 0 saturated carbocycles. The number of ketones is 1. The van der Waals surface area contributed by atoms with Crippen LogP contribution in [0.2, 0.25) is 0 Å². The third-order valence-corrected chi connectivity index (χ3v) is 8.43. The summed E-state index contributed by atoms with van der Waals surface area (Å²) in [5.74, 6) is 0.162. The van der Waals surface area contributed by atoms with Crippen LogP contribution in [-0.4, -0.2) is 15.5 Å². The van der Waals surface area contributed by atoms with E-state index in [-0.39, 0.29) is 22.4 Å². The number of hydrogen-bond donors (Lipinski definition) is 1. The van der Waals surface area contributed by atoms with Crippen molar-refractivity contribution in [3.8, 4) is 5.75 Å². The van der Waals surface area contributed by atoms with Crippen LogP contribution in [0.25, 0.3) is 0 Å². The average Bonchev–Trinajstić information content (AvgIpc) is 2.90. The van der Waals surface area contributed by atoms with Gasteiger partial charge in [-0.1, -0.05) is 71.9 Å². The van der Waals surface area contributed by atoms with E-state index in [2.05, 4.69) is 59.9 Å². The Labute approximate surface area is 215 Å². The number of phenolic OH excluding ortho intramolecular Hbond substituents is 1. The summed E-state index contributed by atoms with van der Waals surface area (Å²) in [6.07, 6.45) is 0. The van der Waals surface area contributed by atoms with Gasteiger partial charge in [-0.2, -0.15) is 0 Å². The fourth-order valence-corrected chi connectivity index (χ4v) is 5.95. The first kappa shape index (κ1) is 25.3. The van der Waals surface area contributed by atoms with Crippen molar-refractivity contribution < 1.29 is 9.90 Å². The summed E-state index contributed by atoms with van der Waals surface area (Å²) < 4.78 is 4.21. The lowest BCUT2D eigenvalue weighted by Crippen LogP contribution is -2.19. The van der Waals surface area contributed by atoms with Crippen LogP contribution in [0, 0.1) is 0 Å². The topological polar surface area (TPSA) is 42.2 Å². The summed E-state index contributed by atoms with van der Waals surface area (Å²) in [6.45, 7) is 12.9. The van der Waals surface area contributed by atoms with Gasteiger partial charge in [-0.3, -0.25) is 4.79 Å². The molecule has 0 bridgehead atoms. The predicted molar refractivity (Wildman–Crippen MR) is 142 cm³/mol. The Morgan fingerprint density at radius 3 is 1.84 bits per heavy atom. The maximum atomic E-state index is 13.8. The van der Waals surface area contributed by atoms with Crippen molar-refractivity contribution in [2.75, 3.05) is 0 Å². The lowest BCUT2D eigenvalue weighted by atomic mass is 9.78. The maximum absolute atomic E-state index is 13.8. The number of carbonyl (C=O) groups excluding carboxylic acids is 1. The van der Waals surface area contributed by atoms with Crippen LogP contribution >= 0.6 is 47.8 Å². The Hall–Kier alpha value is -1.37. The molecule has 1 N–H and O–H groups in total. The summed E-state index contributed by atoms with van der Waals surface area (Å²) >= 11 is 10.9. The minimum Gasteiger partial charge on any atom is -0.507 e. The molecule has 3 nitrogen and oxygen atoms in total. The van der Waals surface area contributed by atoms with Gasteiger partial charge in [-0.05, 0) is 76.3 Å². The number of halogens is 3. The van der Waals surface area contributed by atoms with E-state index in [1.807, 2.05) is 76.4 Å². The second-order valence-corrected chi connectivity index (χ2v) is 12.4. The fourth-order valence-electron chi connectivity index (χ4n) is 3.68. The molecule has 3 rings (SSSR count). The molecule has 0 radical (unpaired) electrons. The highest BCUT2D eigenvalue weighted by Crippen LogP contribution is 2.42. The van der Waals surface area contributed by atoms with Crippen molar-refractivity contribution in [3.63, 3.8) is 0 Å². The van der Waals surface area contributed by atoms with Gasteiger partial charge in [0.15, 0.2) is 5.78 Å². The standard InChI is InChI=1S/C26H28Br3NO2/c1-25(2,3)17-12-16(13-18(22(17)32)26(4,5)6)21(31)19-20(27)24(29)30(23(19)28)14-15-10-8-7-9-11-15/h7-13,32H,14H2,1-6H3. The van der Waals surface area contributed by atoms with Crippen molar-refractivity contribution >= 4 is 53.6 Å². The van der Waals surface area contributed by atoms with Crippen LogP contribution in [0.4, 0.5) is 0 Å². The highest BCUT2D eigenvalue weighted by atomic mass is 79.9. The molecule has 170 valence electrons. The van der Waals surface area contributed by atoms with Gasteiger partial charge >= 0.3 is 0 Å². The molecule has 0 saturated heterocycles. The quantitative estimate of drug-likeness (QED) is 0.296. The molecule has 0 spiro atoms. The van der Waals surface area contributed by atoms with Crippen LogP contribution in [0.5, 0.6) is 5.75 Å². The van der Waals surface area contributed by atoms with Gasteiger partial charge in [0.05, 0.1) is 14.6 Å². The van der Waals surface area contributed by atoms with E-state index in [0.717, 1.165) is 21.3 Å². The zero-order valence-electron chi connectivity index (χ0n) is 19.2. The smallest absolute Gasteiger partial charge is 0.196 e. The molecule has 0 aliphatic rings. The molecular weight excluding hydrogens is 598 g/mol. The van der Waals surface area contributed by atoms with Crippen LogP contribution in [0.15, 0.2) is 56.1 Å². The molecule has 32 heavy (non-hydrogen) atoms. The van der Waals surface area contributed by atoms with Crippen LogP contribution in [-0.2, 0) is 17.4 Å². The SMILES string of the molecule is CC(C)(C)c1cc(C(=O)c2c(Br)c(Br)n(Cc3ccccc3)c2Br)cc(C(C)(C)C)c1O. The summed E-state index contributed by atoms with van der Waals surface area (Å²) in [6, 6.07) is 13.8. The molecule has 0 fully saturated rings. The number of aromatic hydroxyl groups is 1. The molecule has 0 atom stereocenters. The minimum atomic E-state index is -0.311. The second-order valence-electron chi connectivity index (χ2n) is 10.1. The van der Waals surface area contributed by atoms with Crippen LogP contribution < -0.4 is 0 Å². The van der Waals surface area contributed by atoms with Crippen molar-refractivity contribution in [1.29, 1.82) is 0 Å². The molecule has 0 unspecified atom stereocenters. The Balaban J connectivity index is 2.17. The number of carbonyl (C=O) groups is 1. The number of rotatable bonds is 4. The molecule has 0 amide bonds. The predicted octanol–water partition coefficient (Wildman–Crippen LogP) is 8.36. The molecule has 0 aliphatic heterocycles. The van der Waals surface area contributed by atoms with E-state index in [1.54, 1.807) is 0 Å². The summed E-state index contributed by atoms with van der Waals surface area (Å²) in [5.41, 5.74) is 3.15. The lowest BCUT2D eigenvalue weighted by molar-refractivity contribution is 0.103. The fraction of sp³-hybridized carbons (Fsp3) is 0.346. The van der Waals surface area contributed by atoms with Gasteiger partial charge in [0.25, 0.3) is 0 Å². The van der Waals surface area contributed by atoms with E-state index in [1.165, 1.54) is 0 Å². The molecule has 1 heterocycles. The van der Waals surface area contributed by atoms with Crippen molar-refractivity contribution in [1.82, 2.24) is 4.57 Å². The van der Waals surface area contributed by atoms with Gasteiger partial charge < -0.3 is 9.67 Å². The van der Waals surface area contributed by atoms with Crippen molar-refractivity contribution in [3.05, 3.63) is 84.0 Å². The molecule has 6 heteroatoms. The summed E-state index contributed by atoms with van der Waals surface area (Å²) in [4.78, 5) is 13.8. The minimum absolute atomic E-state index is 0.104. The number of hydrogen-bond acceptors (Lipinski definition) is 2. The van der Waals surface area contributed by atoms with E-state index in [9.17, 15) is 9.90 Å². The van der Waals surface area contributed by atoms with E-state index >= 15 is 0 Å². The number of benzene rings is 2. The lowest BCUT2D eigenvalue weighted by Gasteiger charge is -2.28. The number of nitrogens with zero attached hydrogens (tertiary/aromatic N) is 1. The molecule has 3 aromatic rings. The Bertz CT molecular complexity index is 1130. The largest absolute Gasteiger partial charge is 0.507 e. The first-order valence-electron chi connectivity index (χ1n) is 10.4. The second kappa shape index (κ2) is 9.11. The van der Waals surface area contributed by atoms with Crippen LogP contribution in [0.3, 0.4) is 0 Å². The zero-order valence-corrected chi connectivity index (χ0v) is 23.9. The zero-order chi connectivity index (χ0) is 24.0. The van der Waals surface area contributed by atoms with Gasteiger partial charge in [0, 0.05) is 23.2 Å². The Morgan fingerprint density at radius 2 is 1.38 bits per heavy atom. The molecule has 1 aromatic heterocycles. The highest BCUT2D eigenvalue weighted by molar-refractivity contribution is 9.13. The Kier molecular flexibility index (Phi) is 7.19. The van der Waals surface area contributed by atoms with Crippen molar-refractivity contribution in [2.45, 2.75) is 58.9 Å². The summed E-state index contributed by atoms with van der Waals surface area (Å²) in [5, 5.41) is 11.0. The normalized spacial score (nSPS) is 12.3. The third kappa shape index (κ3) is 4.92. The highest BCUT2D eigenvalue weighted by Gasteiger charge is 2.30. The van der Waals surface area contributed by atoms with E-state index < -0.39 is 0 Å². The average molecular weight is 626 g/mol. The maximum Gasteiger partial charge on any atom is 0.196 e. The monoisotopic (exact) mass is 623 g/mol. The van der Waals surface area contributed by atoms with Crippen molar-refractivity contribution in [2.24, 2.45) is 0 Å². The van der Waals surface area contributed by atoms with Gasteiger partial charge in [0.2, 0.25) is 0 Å². The van der Waals surface area contributed by atoms with Gasteiger partial charge in [-0.25, -0.2) is 0 Å². The molecular formula is C26H28Br3NO2. The van der Waals surface area contributed by atoms with Crippen LogP contribution in [0.1, 0.15) is 74.2 Å².